The minimum absolute atomic E-state index is 0.191. The fourth-order valence-electron chi connectivity index (χ4n) is 1.94. The van der Waals surface area contributed by atoms with Gasteiger partial charge in [-0.15, -0.1) is 0 Å². The van der Waals surface area contributed by atoms with Crippen molar-refractivity contribution >= 4 is 39.0 Å². The smallest absolute Gasteiger partial charge is 0.0406 e. The number of thiophene rings is 1. The maximum absolute atomic E-state index is 6.17. The van der Waals surface area contributed by atoms with E-state index in [0.29, 0.717) is 0 Å². The first-order valence-corrected chi connectivity index (χ1v) is 8.14. The highest BCUT2D eigenvalue weighted by atomic mass is 79.9. The fraction of sp³-hybridized carbons (Fsp3) is 0.636. The van der Waals surface area contributed by atoms with Crippen LogP contribution in [0.2, 0.25) is 0 Å². The molecule has 0 aliphatic heterocycles. The Morgan fingerprint density at radius 1 is 1.47 bits per heavy atom. The van der Waals surface area contributed by atoms with Gasteiger partial charge in [0.2, 0.25) is 0 Å². The summed E-state index contributed by atoms with van der Waals surface area (Å²) in [5, 5.41) is 5.13. The number of hydrogen-bond acceptors (Lipinski definition) is 3. The third-order valence-corrected chi connectivity index (χ3v) is 6.10. The number of rotatable bonds is 4. The molecule has 1 aromatic rings. The predicted octanol–water partition coefficient (Wildman–Crippen LogP) is 4.19. The van der Waals surface area contributed by atoms with Crippen LogP contribution in [-0.2, 0) is 0 Å². The fourth-order valence-corrected chi connectivity index (χ4v) is 4.92. The van der Waals surface area contributed by atoms with Crippen LogP contribution in [0.1, 0.15) is 37.3 Å². The lowest BCUT2D eigenvalue weighted by Crippen LogP contribution is -2.14. The Bertz CT molecular complexity index is 307. The van der Waals surface area contributed by atoms with E-state index in [4.69, 9.17) is 5.73 Å². The van der Waals surface area contributed by atoms with Crippen LogP contribution in [0.3, 0.4) is 0 Å². The molecule has 84 valence electrons. The van der Waals surface area contributed by atoms with E-state index in [0.717, 1.165) is 11.0 Å². The predicted molar refractivity (Wildman–Crippen MR) is 73.7 cm³/mol. The van der Waals surface area contributed by atoms with Crippen LogP contribution in [0.15, 0.2) is 15.2 Å². The molecule has 1 saturated carbocycles. The lowest BCUT2D eigenvalue weighted by molar-refractivity contribution is 0.820. The van der Waals surface area contributed by atoms with E-state index in [-0.39, 0.29) is 6.04 Å². The van der Waals surface area contributed by atoms with Crippen LogP contribution < -0.4 is 5.73 Å². The highest BCUT2D eigenvalue weighted by Crippen LogP contribution is 2.33. The number of thioether (sulfide) groups is 1. The molecular weight excluding hydrogens is 290 g/mol. The summed E-state index contributed by atoms with van der Waals surface area (Å²) in [6, 6.07) is 0.191. The van der Waals surface area contributed by atoms with E-state index in [9.17, 15) is 0 Å². The molecule has 0 bridgehead atoms. The van der Waals surface area contributed by atoms with Crippen LogP contribution in [-0.4, -0.2) is 11.0 Å². The van der Waals surface area contributed by atoms with Gasteiger partial charge in [-0.1, -0.05) is 12.8 Å². The van der Waals surface area contributed by atoms with Gasteiger partial charge in [-0.3, -0.25) is 0 Å². The Morgan fingerprint density at radius 3 is 2.80 bits per heavy atom. The molecule has 1 heterocycles. The van der Waals surface area contributed by atoms with Crippen LogP contribution in [0, 0.1) is 0 Å². The first-order chi connectivity index (χ1) is 7.27. The summed E-state index contributed by atoms with van der Waals surface area (Å²) < 4.78 is 1.17. The lowest BCUT2D eigenvalue weighted by Gasteiger charge is -2.14. The van der Waals surface area contributed by atoms with Gasteiger partial charge in [0.1, 0.15) is 0 Å². The molecule has 1 fully saturated rings. The van der Waals surface area contributed by atoms with Gasteiger partial charge in [0.05, 0.1) is 0 Å². The number of halogens is 1. The molecule has 0 radical (unpaired) electrons. The maximum atomic E-state index is 6.17. The zero-order valence-corrected chi connectivity index (χ0v) is 11.8. The first kappa shape index (κ1) is 12.0. The van der Waals surface area contributed by atoms with Gasteiger partial charge in [-0.05, 0) is 39.7 Å². The molecule has 0 aromatic carbocycles. The Hall–Kier alpha value is 0.490. The van der Waals surface area contributed by atoms with Gasteiger partial charge in [0.15, 0.2) is 0 Å². The van der Waals surface area contributed by atoms with Gasteiger partial charge in [0.25, 0.3) is 0 Å². The molecule has 0 saturated heterocycles. The zero-order chi connectivity index (χ0) is 10.7. The molecule has 15 heavy (non-hydrogen) atoms. The van der Waals surface area contributed by atoms with E-state index in [2.05, 4.69) is 38.5 Å². The average Bonchev–Trinajstić information content (AvgIpc) is 2.84. The van der Waals surface area contributed by atoms with Crippen molar-refractivity contribution in [3.63, 3.8) is 0 Å². The van der Waals surface area contributed by atoms with Crippen molar-refractivity contribution in [2.75, 3.05) is 5.75 Å². The molecule has 4 heteroatoms. The molecule has 0 spiro atoms. The summed E-state index contributed by atoms with van der Waals surface area (Å²) in [5.41, 5.74) is 7.44. The normalized spacial score (nSPS) is 19.6. The molecule has 2 N–H and O–H groups in total. The number of nitrogens with two attached hydrogens (primary N) is 1. The summed E-state index contributed by atoms with van der Waals surface area (Å²) in [7, 11) is 0. The first-order valence-electron chi connectivity index (χ1n) is 5.36. The average molecular weight is 306 g/mol. The highest BCUT2D eigenvalue weighted by molar-refractivity contribution is 9.10. The van der Waals surface area contributed by atoms with Crippen LogP contribution in [0.25, 0.3) is 0 Å². The Balaban J connectivity index is 1.81. The van der Waals surface area contributed by atoms with Crippen LogP contribution in [0.4, 0.5) is 0 Å². The quantitative estimate of drug-likeness (QED) is 0.903. The lowest BCUT2D eigenvalue weighted by atomic mass is 10.2. The molecular formula is C11H16BrNS2. The monoisotopic (exact) mass is 305 g/mol. The van der Waals surface area contributed by atoms with Gasteiger partial charge in [-0.25, -0.2) is 0 Å². The second-order valence-corrected chi connectivity index (χ2v) is 6.95. The standard InChI is InChI=1S/C11H16BrNS2/c12-10-6-14-5-9(10)11(13)7-15-8-3-1-2-4-8/h5-6,8,11H,1-4,7,13H2. The van der Waals surface area contributed by atoms with Crippen molar-refractivity contribution in [2.45, 2.75) is 37.0 Å². The topological polar surface area (TPSA) is 26.0 Å². The molecule has 2 rings (SSSR count). The Kier molecular flexibility index (Phi) is 4.55. The van der Waals surface area contributed by atoms with E-state index in [1.165, 1.54) is 35.7 Å². The van der Waals surface area contributed by atoms with E-state index >= 15 is 0 Å². The Morgan fingerprint density at radius 2 is 2.20 bits per heavy atom. The molecule has 1 atom stereocenters. The summed E-state index contributed by atoms with van der Waals surface area (Å²) >= 11 is 7.32. The second-order valence-electron chi connectivity index (χ2n) is 4.02. The van der Waals surface area contributed by atoms with E-state index in [1.54, 1.807) is 11.3 Å². The molecule has 1 nitrogen and oxygen atoms in total. The van der Waals surface area contributed by atoms with Gasteiger partial charge < -0.3 is 5.73 Å². The van der Waals surface area contributed by atoms with E-state index in [1.807, 2.05) is 0 Å². The highest BCUT2D eigenvalue weighted by Gasteiger charge is 2.18. The largest absolute Gasteiger partial charge is 0.323 e. The van der Waals surface area contributed by atoms with Gasteiger partial charge in [-0.2, -0.15) is 23.1 Å². The third-order valence-electron chi connectivity index (χ3n) is 2.86. The minimum atomic E-state index is 0.191. The summed E-state index contributed by atoms with van der Waals surface area (Å²) in [5.74, 6) is 1.06. The SMILES string of the molecule is NC(CSC1CCCC1)c1cscc1Br. The minimum Gasteiger partial charge on any atom is -0.323 e. The van der Waals surface area contributed by atoms with Crippen molar-refractivity contribution in [1.29, 1.82) is 0 Å². The van der Waals surface area contributed by atoms with Crippen molar-refractivity contribution < 1.29 is 0 Å². The van der Waals surface area contributed by atoms with Crippen molar-refractivity contribution in [2.24, 2.45) is 5.73 Å². The Labute approximate surface area is 108 Å². The molecule has 1 aliphatic rings. The van der Waals surface area contributed by atoms with Crippen molar-refractivity contribution in [1.82, 2.24) is 0 Å². The third kappa shape index (κ3) is 3.22. The maximum Gasteiger partial charge on any atom is 0.0406 e. The van der Waals surface area contributed by atoms with Crippen molar-refractivity contribution in [3.8, 4) is 0 Å². The van der Waals surface area contributed by atoms with E-state index < -0.39 is 0 Å². The summed E-state index contributed by atoms with van der Waals surface area (Å²) in [6.45, 7) is 0. The molecule has 1 aliphatic carbocycles. The zero-order valence-electron chi connectivity index (χ0n) is 8.62. The van der Waals surface area contributed by atoms with Crippen LogP contribution >= 0.6 is 39.0 Å². The van der Waals surface area contributed by atoms with Crippen molar-refractivity contribution in [3.05, 3.63) is 20.8 Å². The summed E-state index contributed by atoms with van der Waals surface area (Å²) in [6.07, 6.45) is 5.61. The van der Waals surface area contributed by atoms with Gasteiger partial charge in [0, 0.05) is 26.9 Å². The molecule has 1 aromatic heterocycles. The summed E-state index contributed by atoms with van der Waals surface area (Å²) in [4.78, 5) is 0. The second kappa shape index (κ2) is 5.71. The number of hydrogen-bond donors (Lipinski definition) is 1. The van der Waals surface area contributed by atoms with Gasteiger partial charge >= 0.3 is 0 Å². The molecule has 1 unspecified atom stereocenters. The molecule has 0 amide bonds. The van der Waals surface area contributed by atoms with Crippen LogP contribution in [0.5, 0.6) is 0 Å².